The third-order valence-corrected chi connectivity index (χ3v) is 3.43. The number of alkyl halides is 3. The number of rotatable bonds is 7. The molecule has 0 aliphatic heterocycles. The summed E-state index contributed by atoms with van der Waals surface area (Å²) in [5.74, 6) is -0.555. The number of anilines is 2. The maximum atomic E-state index is 13.3. The molecule has 0 radical (unpaired) electrons. The monoisotopic (exact) mass is 396 g/mol. The summed E-state index contributed by atoms with van der Waals surface area (Å²) < 4.78 is 50.6. The lowest BCUT2D eigenvalue weighted by Gasteiger charge is -2.16. The maximum absolute atomic E-state index is 13.3. The number of benzene rings is 2. The van der Waals surface area contributed by atoms with Gasteiger partial charge in [0.25, 0.3) is 5.91 Å². The van der Waals surface area contributed by atoms with Crippen LogP contribution < -0.4 is 20.1 Å². The zero-order chi connectivity index (χ0) is 20.7. The lowest BCUT2D eigenvalue weighted by Crippen LogP contribution is -2.22. The van der Waals surface area contributed by atoms with Crippen LogP contribution in [0.5, 0.6) is 11.5 Å². The number of carbonyl (C=O) groups is 2. The number of halogens is 3. The highest BCUT2D eigenvalue weighted by atomic mass is 19.4. The van der Waals surface area contributed by atoms with Crippen LogP contribution in [-0.4, -0.2) is 25.0 Å². The number of hydrogen-bond acceptors (Lipinski definition) is 4. The van der Waals surface area contributed by atoms with E-state index >= 15 is 0 Å². The van der Waals surface area contributed by atoms with E-state index in [2.05, 4.69) is 10.6 Å². The van der Waals surface area contributed by atoms with Gasteiger partial charge in [-0.25, -0.2) is 0 Å². The van der Waals surface area contributed by atoms with E-state index in [0.717, 1.165) is 12.1 Å². The first-order chi connectivity index (χ1) is 13.2. The summed E-state index contributed by atoms with van der Waals surface area (Å²) >= 11 is 0. The van der Waals surface area contributed by atoms with Gasteiger partial charge in [0.15, 0.2) is 18.1 Å². The van der Waals surface area contributed by atoms with Crippen molar-refractivity contribution in [2.24, 2.45) is 0 Å². The lowest BCUT2D eigenvalue weighted by atomic mass is 10.1. The van der Waals surface area contributed by atoms with Gasteiger partial charge < -0.3 is 20.1 Å². The standard InChI is InChI=1S/C19H19F3N2O4/c1-3-27-16-6-4-5-7-17(16)28-11-18(26)24-15-9-8-13(23-12(2)25)10-14(15)19(20,21)22/h4-10H,3,11H2,1-2H3,(H,23,25)(H,24,26). The molecule has 2 N–H and O–H groups in total. The first-order valence-corrected chi connectivity index (χ1v) is 8.34. The van der Waals surface area contributed by atoms with Crippen LogP contribution in [0.4, 0.5) is 24.5 Å². The minimum absolute atomic E-state index is 0.0280. The summed E-state index contributed by atoms with van der Waals surface area (Å²) in [5.41, 5.74) is -1.55. The molecule has 0 aromatic heterocycles. The Hall–Kier alpha value is -3.23. The van der Waals surface area contributed by atoms with Crippen molar-refractivity contribution in [3.63, 3.8) is 0 Å². The Morgan fingerprint density at radius 2 is 1.64 bits per heavy atom. The zero-order valence-corrected chi connectivity index (χ0v) is 15.2. The second kappa shape index (κ2) is 9.12. The van der Waals surface area contributed by atoms with Crippen molar-refractivity contribution in [3.05, 3.63) is 48.0 Å². The van der Waals surface area contributed by atoms with Gasteiger partial charge in [0.1, 0.15) is 0 Å². The SMILES string of the molecule is CCOc1ccccc1OCC(=O)Nc1ccc(NC(C)=O)cc1C(F)(F)F. The van der Waals surface area contributed by atoms with Crippen molar-refractivity contribution in [1.29, 1.82) is 0 Å². The summed E-state index contributed by atoms with van der Waals surface area (Å²) in [4.78, 5) is 23.1. The molecule has 2 rings (SSSR count). The summed E-state index contributed by atoms with van der Waals surface area (Å²) in [5, 5.41) is 4.45. The minimum atomic E-state index is -4.72. The molecule has 2 amide bonds. The van der Waals surface area contributed by atoms with Crippen LogP contribution in [0.25, 0.3) is 0 Å². The predicted molar refractivity (Wildman–Crippen MR) is 97.5 cm³/mol. The lowest BCUT2D eigenvalue weighted by molar-refractivity contribution is -0.137. The van der Waals surface area contributed by atoms with Gasteiger partial charge in [-0.1, -0.05) is 12.1 Å². The molecule has 2 aromatic carbocycles. The molecular weight excluding hydrogens is 377 g/mol. The van der Waals surface area contributed by atoms with E-state index in [1.54, 1.807) is 31.2 Å². The maximum Gasteiger partial charge on any atom is 0.418 e. The molecule has 0 spiro atoms. The zero-order valence-electron chi connectivity index (χ0n) is 15.2. The molecule has 0 atom stereocenters. The molecule has 0 saturated heterocycles. The topological polar surface area (TPSA) is 76.7 Å². The first-order valence-electron chi connectivity index (χ1n) is 8.34. The van der Waals surface area contributed by atoms with E-state index < -0.39 is 35.8 Å². The Morgan fingerprint density at radius 1 is 1.00 bits per heavy atom. The van der Waals surface area contributed by atoms with E-state index in [1.165, 1.54) is 13.0 Å². The Morgan fingerprint density at radius 3 is 2.21 bits per heavy atom. The second-order valence-corrected chi connectivity index (χ2v) is 5.66. The highest BCUT2D eigenvalue weighted by Gasteiger charge is 2.34. The summed E-state index contributed by atoms with van der Waals surface area (Å²) in [6.45, 7) is 2.85. The van der Waals surface area contributed by atoms with Crippen molar-refractivity contribution < 1.29 is 32.2 Å². The van der Waals surface area contributed by atoms with Crippen molar-refractivity contribution in [2.75, 3.05) is 23.8 Å². The Balaban J connectivity index is 2.12. The molecule has 2 aromatic rings. The number of para-hydroxylation sites is 2. The van der Waals surface area contributed by atoms with Crippen LogP contribution in [0, 0.1) is 0 Å². The Labute approximate surface area is 159 Å². The quantitative estimate of drug-likeness (QED) is 0.739. The van der Waals surface area contributed by atoms with Crippen LogP contribution in [0.1, 0.15) is 19.4 Å². The van der Waals surface area contributed by atoms with Gasteiger partial charge in [0.2, 0.25) is 5.91 Å². The average Bonchev–Trinajstić information content (AvgIpc) is 2.61. The van der Waals surface area contributed by atoms with Gasteiger partial charge in [-0.05, 0) is 37.3 Å². The molecule has 0 saturated carbocycles. The molecule has 150 valence electrons. The van der Waals surface area contributed by atoms with Gasteiger partial charge in [-0.15, -0.1) is 0 Å². The van der Waals surface area contributed by atoms with Crippen molar-refractivity contribution in [3.8, 4) is 11.5 Å². The molecule has 28 heavy (non-hydrogen) atoms. The smallest absolute Gasteiger partial charge is 0.418 e. The summed E-state index contributed by atoms with van der Waals surface area (Å²) in [6, 6.07) is 9.73. The van der Waals surface area contributed by atoms with Crippen molar-refractivity contribution in [1.82, 2.24) is 0 Å². The van der Waals surface area contributed by atoms with Gasteiger partial charge in [0, 0.05) is 12.6 Å². The van der Waals surface area contributed by atoms with Crippen LogP contribution in [-0.2, 0) is 15.8 Å². The molecule has 0 fully saturated rings. The molecular formula is C19H19F3N2O4. The predicted octanol–water partition coefficient (Wildman–Crippen LogP) is 4.08. The third kappa shape index (κ3) is 5.90. The Bertz CT molecular complexity index is 853. The van der Waals surface area contributed by atoms with Crippen LogP contribution >= 0.6 is 0 Å². The number of nitrogens with one attached hydrogen (secondary N) is 2. The van der Waals surface area contributed by atoms with Crippen LogP contribution in [0.3, 0.4) is 0 Å². The van der Waals surface area contributed by atoms with E-state index in [0.29, 0.717) is 18.1 Å². The van der Waals surface area contributed by atoms with Gasteiger partial charge in [-0.2, -0.15) is 13.2 Å². The minimum Gasteiger partial charge on any atom is -0.490 e. The largest absolute Gasteiger partial charge is 0.490 e. The van der Waals surface area contributed by atoms with E-state index in [1.807, 2.05) is 0 Å². The molecule has 0 heterocycles. The fraction of sp³-hybridized carbons (Fsp3) is 0.263. The van der Waals surface area contributed by atoms with Gasteiger partial charge >= 0.3 is 6.18 Å². The van der Waals surface area contributed by atoms with Crippen LogP contribution in [0.2, 0.25) is 0 Å². The number of carbonyl (C=O) groups excluding carboxylic acids is 2. The molecule has 0 unspecified atom stereocenters. The molecule has 6 nitrogen and oxygen atoms in total. The summed E-state index contributed by atoms with van der Waals surface area (Å²) in [7, 11) is 0. The molecule has 0 aliphatic rings. The van der Waals surface area contributed by atoms with Crippen molar-refractivity contribution in [2.45, 2.75) is 20.0 Å². The van der Waals surface area contributed by atoms with E-state index in [9.17, 15) is 22.8 Å². The second-order valence-electron chi connectivity index (χ2n) is 5.66. The molecule has 9 heteroatoms. The first kappa shape index (κ1) is 21.1. The highest BCUT2D eigenvalue weighted by molar-refractivity contribution is 5.94. The summed E-state index contributed by atoms with van der Waals surface area (Å²) in [6.07, 6.45) is -4.72. The van der Waals surface area contributed by atoms with Crippen molar-refractivity contribution >= 4 is 23.2 Å². The normalized spacial score (nSPS) is 10.9. The average molecular weight is 396 g/mol. The third-order valence-electron chi connectivity index (χ3n) is 3.43. The number of amides is 2. The fourth-order valence-electron chi connectivity index (χ4n) is 2.34. The van der Waals surface area contributed by atoms with E-state index in [4.69, 9.17) is 9.47 Å². The van der Waals surface area contributed by atoms with Crippen LogP contribution in [0.15, 0.2) is 42.5 Å². The van der Waals surface area contributed by atoms with Gasteiger partial charge in [-0.3, -0.25) is 9.59 Å². The molecule has 0 bridgehead atoms. The highest BCUT2D eigenvalue weighted by Crippen LogP contribution is 2.36. The van der Waals surface area contributed by atoms with E-state index in [-0.39, 0.29) is 5.69 Å². The fourth-order valence-corrected chi connectivity index (χ4v) is 2.34. The Kier molecular flexibility index (Phi) is 6.86. The van der Waals surface area contributed by atoms with Gasteiger partial charge in [0.05, 0.1) is 17.9 Å². The number of ether oxygens (including phenoxy) is 2. The number of hydrogen-bond donors (Lipinski definition) is 2. The molecule has 0 aliphatic carbocycles.